The maximum absolute atomic E-state index is 12.0. The van der Waals surface area contributed by atoms with Crippen molar-refractivity contribution in [3.8, 4) is 0 Å². The Kier molecular flexibility index (Phi) is 4.90. The summed E-state index contributed by atoms with van der Waals surface area (Å²) in [5.74, 6) is -0.104. The summed E-state index contributed by atoms with van der Waals surface area (Å²) in [5, 5.41) is 4.93. The van der Waals surface area contributed by atoms with Gasteiger partial charge in [-0.3, -0.25) is 4.79 Å². The highest BCUT2D eigenvalue weighted by Gasteiger charge is 2.34. The van der Waals surface area contributed by atoms with E-state index in [0.29, 0.717) is 12.5 Å². The Labute approximate surface area is 117 Å². The van der Waals surface area contributed by atoms with E-state index < -0.39 is 24.7 Å². The van der Waals surface area contributed by atoms with Gasteiger partial charge in [-0.2, -0.15) is 13.2 Å². The maximum atomic E-state index is 12.0. The van der Waals surface area contributed by atoms with Gasteiger partial charge in [0, 0.05) is 12.6 Å². The van der Waals surface area contributed by atoms with Crippen molar-refractivity contribution in [2.24, 2.45) is 5.92 Å². The maximum Gasteiger partial charge on any atom is 0.405 e. The fourth-order valence-corrected chi connectivity index (χ4v) is 2.58. The highest BCUT2D eigenvalue weighted by molar-refractivity contribution is 5.81. The van der Waals surface area contributed by atoms with Gasteiger partial charge in [-0.15, -0.1) is 0 Å². The van der Waals surface area contributed by atoms with Crippen LogP contribution >= 0.6 is 0 Å². The van der Waals surface area contributed by atoms with E-state index in [1.54, 1.807) is 6.92 Å². The highest BCUT2D eigenvalue weighted by atomic mass is 19.4. The van der Waals surface area contributed by atoms with Crippen LogP contribution in [0.25, 0.3) is 0 Å². The molecule has 0 bridgehead atoms. The number of hydrogen-bond donors (Lipinski definition) is 2. The zero-order chi connectivity index (χ0) is 14.8. The molecule has 2 atom stereocenters. The summed E-state index contributed by atoms with van der Waals surface area (Å²) in [6, 6.07) is 0.167. The van der Waals surface area contributed by atoms with Crippen molar-refractivity contribution in [1.82, 2.24) is 15.5 Å². The Bertz CT molecular complexity index is 344. The van der Waals surface area contributed by atoms with Gasteiger partial charge in [0.15, 0.2) is 0 Å². The molecule has 7 heteroatoms. The molecule has 0 spiro atoms. The minimum absolute atomic E-state index is 0.494. The van der Waals surface area contributed by atoms with Gasteiger partial charge < -0.3 is 15.5 Å². The van der Waals surface area contributed by atoms with Crippen LogP contribution in [0.15, 0.2) is 0 Å². The molecule has 2 N–H and O–H groups in total. The normalized spacial score (nSPS) is 25.7. The van der Waals surface area contributed by atoms with Crippen LogP contribution in [0, 0.1) is 5.92 Å². The lowest BCUT2D eigenvalue weighted by Crippen LogP contribution is -2.46. The summed E-state index contributed by atoms with van der Waals surface area (Å²) in [6.45, 7) is 3.15. The van der Waals surface area contributed by atoms with Crippen molar-refractivity contribution in [3.05, 3.63) is 0 Å². The van der Waals surface area contributed by atoms with Crippen LogP contribution < -0.4 is 10.6 Å². The van der Waals surface area contributed by atoms with Gasteiger partial charge in [-0.05, 0) is 45.2 Å². The number of carbonyl (C=O) groups excluding carboxylic acids is 1. The zero-order valence-corrected chi connectivity index (χ0v) is 11.7. The van der Waals surface area contributed by atoms with Crippen LogP contribution in [0.1, 0.15) is 26.2 Å². The molecule has 1 aliphatic carbocycles. The van der Waals surface area contributed by atoms with E-state index in [1.807, 2.05) is 5.32 Å². The number of nitrogens with one attached hydrogen (secondary N) is 2. The Morgan fingerprint density at radius 3 is 2.65 bits per heavy atom. The van der Waals surface area contributed by atoms with Gasteiger partial charge in [-0.1, -0.05) is 0 Å². The first kappa shape index (κ1) is 15.6. The van der Waals surface area contributed by atoms with Crippen molar-refractivity contribution < 1.29 is 18.0 Å². The second-order valence-corrected chi connectivity index (χ2v) is 5.84. The Morgan fingerprint density at radius 2 is 2.05 bits per heavy atom. The first-order chi connectivity index (χ1) is 9.35. The van der Waals surface area contributed by atoms with Crippen LogP contribution in [-0.4, -0.2) is 55.2 Å². The van der Waals surface area contributed by atoms with Gasteiger partial charge in [0.05, 0.1) is 6.04 Å². The summed E-state index contributed by atoms with van der Waals surface area (Å²) >= 11 is 0. The van der Waals surface area contributed by atoms with E-state index in [1.165, 1.54) is 12.8 Å². The number of rotatable bonds is 6. The lowest BCUT2D eigenvalue weighted by Gasteiger charge is -2.18. The third-order valence-electron chi connectivity index (χ3n) is 3.95. The smallest absolute Gasteiger partial charge is 0.346 e. The number of carbonyl (C=O) groups is 1. The number of alkyl halides is 3. The third-order valence-corrected chi connectivity index (χ3v) is 3.95. The third kappa shape index (κ3) is 4.94. The van der Waals surface area contributed by atoms with Crippen LogP contribution in [-0.2, 0) is 4.79 Å². The second-order valence-electron chi connectivity index (χ2n) is 5.84. The van der Waals surface area contributed by atoms with Crippen LogP contribution in [0.5, 0.6) is 0 Å². The Balaban J connectivity index is 1.62. The predicted molar refractivity (Wildman–Crippen MR) is 69.2 cm³/mol. The first-order valence-electron chi connectivity index (χ1n) is 7.17. The van der Waals surface area contributed by atoms with Crippen LogP contribution in [0.2, 0.25) is 0 Å². The fourth-order valence-electron chi connectivity index (χ4n) is 2.58. The van der Waals surface area contributed by atoms with E-state index >= 15 is 0 Å². The summed E-state index contributed by atoms with van der Waals surface area (Å²) in [5.41, 5.74) is 0. The van der Waals surface area contributed by atoms with Gasteiger partial charge >= 0.3 is 6.18 Å². The van der Waals surface area contributed by atoms with Gasteiger partial charge in [-0.25, -0.2) is 0 Å². The average Bonchev–Trinajstić information content (AvgIpc) is 3.12. The van der Waals surface area contributed by atoms with E-state index in [-0.39, 0.29) is 0 Å². The lowest BCUT2D eigenvalue weighted by molar-refractivity contribution is -0.139. The Morgan fingerprint density at radius 1 is 1.35 bits per heavy atom. The standard InChI is InChI=1S/C13H22F3N3O/c1-9(12(20)18-8-13(14,15)16)17-6-10-4-5-19(7-10)11-2-3-11/h9-11,17H,2-8H2,1H3,(H,18,20). The molecular formula is C13H22F3N3O. The molecule has 2 aliphatic rings. The fraction of sp³-hybridized carbons (Fsp3) is 0.923. The monoisotopic (exact) mass is 293 g/mol. The van der Waals surface area contributed by atoms with E-state index in [0.717, 1.165) is 25.6 Å². The molecule has 2 fully saturated rings. The molecule has 20 heavy (non-hydrogen) atoms. The van der Waals surface area contributed by atoms with Gasteiger partial charge in [0.2, 0.25) is 5.91 Å². The van der Waals surface area contributed by atoms with Crippen LogP contribution in [0.3, 0.4) is 0 Å². The molecule has 1 heterocycles. The molecule has 1 saturated heterocycles. The number of hydrogen-bond acceptors (Lipinski definition) is 3. The number of amides is 1. The highest BCUT2D eigenvalue weighted by Crippen LogP contribution is 2.31. The van der Waals surface area contributed by atoms with Crippen molar-refractivity contribution in [2.45, 2.75) is 44.4 Å². The van der Waals surface area contributed by atoms with Crippen molar-refractivity contribution >= 4 is 5.91 Å². The molecule has 1 aliphatic heterocycles. The molecule has 2 unspecified atom stereocenters. The summed E-state index contributed by atoms with van der Waals surface area (Å²) in [6.07, 6.45) is -0.682. The molecule has 0 radical (unpaired) electrons. The summed E-state index contributed by atoms with van der Waals surface area (Å²) < 4.78 is 36.0. The Hall–Kier alpha value is -0.820. The van der Waals surface area contributed by atoms with Gasteiger partial charge in [0.25, 0.3) is 0 Å². The lowest BCUT2D eigenvalue weighted by atomic mass is 10.1. The first-order valence-corrected chi connectivity index (χ1v) is 7.17. The number of likely N-dealkylation sites (tertiary alicyclic amines) is 1. The van der Waals surface area contributed by atoms with Crippen molar-refractivity contribution in [3.63, 3.8) is 0 Å². The molecular weight excluding hydrogens is 271 g/mol. The topological polar surface area (TPSA) is 44.4 Å². The largest absolute Gasteiger partial charge is 0.405 e. The quantitative estimate of drug-likeness (QED) is 0.771. The molecule has 1 saturated carbocycles. The molecule has 0 aromatic rings. The van der Waals surface area contributed by atoms with Gasteiger partial charge in [0.1, 0.15) is 6.54 Å². The number of halogens is 3. The second kappa shape index (κ2) is 6.30. The molecule has 4 nitrogen and oxygen atoms in total. The molecule has 0 aromatic carbocycles. The molecule has 116 valence electrons. The van der Waals surface area contributed by atoms with Crippen molar-refractivity contribution in [2.75, 3.05) is 26.2 Å². The zero-order valence-electron chi connectivity index (χ0n) is 11.7. The number of nitrogens with zero attached hydrogens (tertiary/aromatic N) is 1. The van der Waals surface area contributed by atoms with E-state index in [2.05, 4.69) is 10.2 Å². The minimum atomic E-state index is -4.36. The predicted octanol–water partition coefficient (Wildman–Crippen LogP) is 1.13. The van der Waals surface area contributed by atoms with Crippen LogP contribution in [0.4, 0.5) is 13.2 Å². The summed E-state index contributed by atoms with van der Waals surface area (Å²) in [7, 11) is 0. The summed E-state index contributed by atoms with van der Waals surface area (Å²) in [4.78, 5) is 14.0. The molecule has 2 rings (SSSR count). The van der Waals surface area contributed by atoms with E-state index in [9.17, 15) is 18.0 Å². The average molecular weight is 293 g/mol. The van der Waals surface area contributed by atoms with E-state index in [4.69, 9.17) is 0 Å². The minimum Gasteiger partial charge on any atom is -0.346 e. The molecule has 0 aromatic heterocycles. The molecule has 1 amide bonds. The van der Waals surface area contributed by atoms with Crippen molar-refractivity contribution in [1.29, 1.82) is 0 Å². The SMILES string of the molecule is CC(NCC1CCN(C2CC2)C1)C(=O)NCC(F)(F)F.